The van der Waals surface area contributed by atoms with Gasteiger partial charge < -0.3 is 23.9 Å². The second kappa shape index (κ2) is 6.23. The van der Waals surface area contributed by atoms with Gasteiger partial charge in [0.05, 0.1) is 18.8 Å². The van der Waals surface area contributed by atoms with Crippen LogP contribution in [0.2, 0.25) is 0 Å². The highest BCUT2D eigenvalue weighted by Gasteiger charge is 2.32. The number of hydrogen-bond acceptors (Lipinski definition) is 7. The lowest BCUT2D eigenvalue weighted by molar-refractivity contribution is -0.0576. The van der Waals surface area contributed by atoms with Gasteiger partial charge in [0.25, 0.3) is 6.01 Å². The third-order valence-corrected chi connectivity index (χ3v) is 3.26. The van der Waals surface area contributed by atoms with Gasteiger partial charge >= 0.3 is 5.97 Å². The largest absolute Gasteiger partial charge is 0.461 e. The maximum atomic E-state index is 11.5. The molecule has 0 unspecified atom stereocenters. The highest BCUT2D eigenvalue weighted by molar-refractivity contribution is 5.87. The van der Waals surface area contributed by atoms with Crippen LogP contribution in [0.5, 0.6) is 0 Å². The van der Waals surface area contributed by atoms with Crippen LogP contribution in [-0.4, -0.2) is 55.1 Å². The van der Waals surface area contributed by atoms with Crippen LogP contribution < -0.4 is 4.90 Å². The average Bonchev–Trinajstić information content (AvgIpc) is 2.89. The highest BCUT2D eigenvalue weighted by Crippen LogP contribution is 2.23. The third-order valence-electron chi connectivity index (χ3n) is 3.26. The van der Waals surface area contributed by atoms with Crippen LogP contribution >= 0.6 is 0 Å². The van der Waals surface area contributed by atoms with Crippen LogP contribution in [0.25, 0.3) is 0 Å². The fourth-order valence-electron chi connectivity index (χ4n) is 2.16. The van der Waals surface area contributed by atoms with E-state index in [4.69, 9.17) is 13.9 Å². The van der Waals surface area contributed by atoms with Gasteiger partial charge in [0, 0.05) is 33.1 Å². The molecular weight excluding hydrogens is 264 g/mol. The van der Waals surface area contributed by atoms with Gasteiger partial charge in [-0.25, -0.2) is 4.79 Å². The fourth-order valence-corrected chi connectivity index (χ4v) is 2.16. The summed E-state index contributed by atoms with van der Waals surface area (Å²) in [5.41, 5.74) is -0.682. The Balaban J connectivity index is 1.98. The zero-order chi connectivity index (χ0) is 14.6. The Morgan fingerprint density at radius 1 is 1.55 bits per heavy atom. The van der Waals surface area contributed by atoms with Crippen molar-refractivity contribution in [2.75, 3.05) is 38.3 Å². The first-order valence-corrected chi connectivity index (χ1v) is 6.68. The summed E-state index contributed by atoms with van der Waals surface area (Å²) in [5, 5.41) is 10.4. The number of ether oxygens (including phenoxy) is 2. The molecule has 2 rings (SSSR count). The maximum absolute atomic E-state index is 11.5. The first-order chi connectivity index (χ1) is 9.54. The molecule has 1 aromatic heterocycles. The molecule has 7 nitrogen and oxygen atoms in total. The van der Waals surface area contributed by atoms with Gasteiger partial charge in [-0.05, 0) is 6.92 Å². The van der Waals surface area contributed by atoms with Crippen molar-refractivity contribution in [3.8, 4) is 0 Å². The van der Waals surface area contributed by atoms with E-state index >= 15 is 0 Å². The molecule has 1 aliphatic rings. The van der Waals surface area contributed by atoms with Gasteiger partial charge in [-0.3, -0.25) is 0 Å². The number of oxazole rings is 1. The van der Waals surface area contributed by atoms with E-state index < -0.39 is 11.6 Å². The number of rotatable bonds is 5. The molecule has 0 radical (unpaired) electrons. The number of hydrogen-bond donors (Lipinski definition) is 1. The average molecular weight is 284 g/mol. The molecule has 1 aromatic rings. The summed E-state index contributed by atoms with van der Waals surface area (Å²) >= 11 is 0. The maximum Gasteiger partial charge on any atom is 0.360 e. The van der Waals surface area contributed by atoms with E-state index in [1.54, 1.807) is 18.9 Å². The number of nitrogens with zero attached hydrogens (tertiary/aromatic N) is 2. The van der Waals surface area contributed by atoms with Crippen LogP contribution in [0.4, 0.5) is 6.01 Å². The van der Waals surface area contributed by atoms with E-state index in [0.717, 1.165) is 0 Å². The van der Waals surface area contributed by atoms with Crippen molar-refractivity contribution in [2.24, 2.45) is 0 Å². The van der Waals surface area contributed by atoms with Crippen LogP contribution in [0.15, 0.2) is 10.7 Å². The van der Waals surface area contributed by atoms with Crippen molar-refractivity contribution in [3.63, 3.8) is 0 Å². The molecular formula is C13H20N2O5. The molecule has 2 heterocycles. The number of carbonyl (C=O) groups excluding carboxylic acids is 1. The van der Waals surface area contributed by atoms with Crippen molar-refractivity contribution in [1.29, 1.82) is 0 Å². The molecule has 1 saturated heterocycles. The van der Waals surface area contributed by atoms with Crippen LogP contribution in [-0.2, 0) is 9.47 Å². The fraction of sp³-hybridized carbons (Fsp3) is 0.692. The Morgan fingerprint density at radius 2 is 2.25 bits per heavy atom. The SMILES string of the molecule is CCOC(=O)c1coc(N(C)CC2(O)CCOCC2)n1. The molecule has 1 aliphatic heterocycles. The number of likely N-dealkylation sites (N-methyl/N-ethyl adjacent to an activating group) is 1. The molecule has 0 aliphatic carbocycles. The van der Waals surface area contributed by atoms with E-state index in [-0.39, 0.29) is 18.3 Å². The van der Waals surface area contributed by atoms with Crippen LogP contribution in [0.3, 0.4) is 0 Å². The topological polar surface area (TPSA) is 85.0 Å². The zero-order valence-corrected chi connectivity index (χ0v) is 11.8. The Hall–Kier alpha value is -1.60. The number of carbonyl (C=O) groups is 1. The van der Waals surface area contributed by atoms with Crippen molar-refractivity contribution in [1.82, 2.24) is 4.98 Å². The highest BCUT2D eigenvalue weighted by atomic mass is 16.5. The predicted molar refractivity (Wildman–Crippen MR) is 70.7 cm³/mol. The molecule has 0 amide bonds. The second-order valence-electron chi connectivity index (χ2n) is 4.93. The molecule has 1 fully saturated rings. The lowest BCUT2D eigenvalue weighted by Gasteiger charge is -2.34. The lowest BCUT2D eigenvalue weighted by Crippen LogP contribution is -2.45. The Morgan fingerprint density at radius 3 is 2.90 bits per heavy atom. The van der Waals surface area contributed by atoms with E-state index in [1.807, 2.05) is 0 Å². The Bertz CT molecular complexity index is 453. The van der Waals surface area contributed by atoms with Gasteiger partial charge in [-0.1, -0.05) is 0 Å². The minimum Gasteiger partial charge on any atom is -0.461 e. The van der Waals surface area contributed by atoms with E-state index in [2.05, 4.69) is 4.98 Å². The van der Waals surface area contributed by atoms with Gasteiger partial charge in [0.2, 0.25) is 0 Å². The third kappa shape index (κ3) is 3.49. The summed E-state index contributed by atoms with van der Waals surface area (Å²) in [4.78, 5) is 17.3. The first-order valence-electron chi connectivity index (χ1n) is 6.68. The van der Waals surface area contributed by atoms with Crippen molar-refractivity contribution in [3.05, 3.63) is 12.0 Å². The second-order valence-corrected chi connectivity index (χ2v) is 4.93. The summed E-state index contributed by atoms with van der Waals surface area (Å²) in [5.74, 6) is -0.513. The van der Waals surface area contributed by atoms with E-state index in [1.165, 1.54) is 6.26 Å². The summed E-state index contributed by atoms with van der Waals surface area (Å²) < 4.78 is 15.3. The predicted octanol–water partition coefficient (Wildman–Crippen LogP) is 0.829. The van der Waals surface area contributed by atoms with Crippen molar-refractivity contribution >= 4 is 12.0 Å². The number of anilines is 1. The summed E-state index contributed by atoms with van der Waals surface area (Å²) in [6.45, 7) is 3.48. The smallest absolute Gasteiger partial charge is 0.360 e. The van der Waals surface area contributed by atoms with Crippen LogP contribution in [0.1, 0.15) is 30.3 Å². The minimum atomic E-state index is -0.814. The number of aromatic nitrogens is 1. The molecule has 0 atom stereocenters. The first kappa shape index (κ1) is 14.8. The molecule has 0 saturated carbocycles. The number of esters is 1. The monoisotopic (exact) mass is 284 g/mol. The normalized spacial score (nSPS) is 17.8. The minimum absolute atomic E-state index is 0.132. The van der Waals surface area contributed by atoms with Crippen LogP contribution in [0, 0.1) is 0 Å². The molecule has 0 spiro atoms. The summed E-state index contributed by atoms with van der Waals surface area (Å²) in [6.07, 6.45) is 2.41. The molecule has 0 aromatic carbocycles. The molecule has 20 heavy (non-hydrogen) atoms. The van der Waals surface area contributed by atoms with Gasteiger partial charge in [-0.15, -0.1) is 0 Å². The van der Waals surface area contributed by atoms with Gasteiger partial charge in [-0.2, -0.15) is 4.98 Å². The molecule has 0 bridgehead atoms. The van der Waals surface area contributed by atoms with Crippen molar-refractivity contribution in [2.45, 2.75) is 25.4 Å². The molecule has 1 N–H and O–H groups in total. The zero-order valence-electron chi connectivity index (χ0n) is 11.8. The van der Waals surface area contributed by atoms with Gasteiger partial charge in [0.15, 0.2) is 5.69 Å². The van der Waals surface area contributed by atoms with Gasteiger partial charge in [0.1, 0.15) is 6.26 Å². The number of aliphatic hydroxyl groups is 1. The van der Waals surface area contributed by atoms with E-state index in [0.29, 0.717) is 32.6 Å². The standard InChI is InChI=1S/C13H20N2O5/c1-3-19-11(16)10-8-20-12(14-10)15(2)9-13(17)4-6-18-7-5-13/h8,17H,3-7,9H2,1-2H3. The molecule has 112 valence electrons. The summed E-state index contributed by atoms with van der Waals surface area (Å²) in [6, 6.07) is 0.285. The van der Waals surface area contributed by atoms with Crippen molar-refractivity contribution < 1.29 is 23.8 Å². The Labute approximate surface area is 117 Å². The van der Waals surface area contributed by atoms with E-state index in [9.17, 15) is 9.90 Å². The summed E-state index contributed by atoms with van der Waals surface area (Å²) in [7, 11) is 1.76. The Kier molecular flexibility index (Phi) is 4.61. The lowest BCUT2D eigenvalue weighted by atomic mass is 9.94. The quantitative estimate of drug-likeness (QED) is 0.801. The molecule has 7 heteroatoms.